The Morgan fingerprint density at radius 3 is 1.81 bits per heavy atom. The molecule has 0 saturated carbocycles. The van der Waals surface area contributed by atoms with E-state index in [9.17, 15) is 0 Å². The number of hydrogen-bond donors (Lipinski definition) is 0. The second kappa shape index (κ2) is 4.86. The largest absolute Gasteiger partial charge is 0.254 e. The molecule has 4 aromatic heterocycles. The average molecular weight is 334 g/mol. The smallest absolute Gasteiger partial charge is 0.117 e. The van der Waals surface area contributed by atoms with E-state index < -0.39 is 0 Å². The third-order valence-electron chi connectivity index (χ3n) is 4.62. The van der Waals surface area contributed by atoms with Gasteiger partial charge in [0.1, 0.15) is 11.0 Å². The Labute approximate surface area is 146 Å². The van der Waals surface area contributed by atoms with Crippen LogP contribution in [0.1, 0.15) is 0 Å². The lowest BCUT2D eigenvalue weighted by Gasteiger charge is -2.09. The van der Waals surface area contributed by atoms with Crippen LogP contribution in [0.25, 0.3) is 54.9 Å². The van der Waals surface area contributed by atoms with Crippen molar-refractivity contribution in [1.82, 2.24) is 29.9 Å². The van der Waals surface area contributed by atoms with Crippen molar-refractivity contribution < 1.29 is 0 Å². The molecule has 0 saturated heterocycles. The van der Waals surface area contributed by atoms with Crippen LogP contribution >= 0.6 is 0 Å². The standard InChI is InChI=1S/C20H10N6/c1-3-11-15(22-7-1)16-12(4-2-8-23-16)18-17(11)25-14-6-5-13-19(20(14)26-18)24-10-9-21-13/h1-10H. The van der Waals surface area contributed by atoms with Crippen LogP contribution in [0.4, 0.5) is 0 Å². The summed E-state index contributed by atoms with van der Waals surface area (Å²) in [6.07, 6.45) is 6.91. The monoisotopic (exact) mass is 334 g/mol. The highest BCUT2D eigenvalue weighted by Crippen LogP contribution is 2.32. The molecule has 4 heterocycles. The van der Waals surface area contributed by atoms with Crippen LogP contribution < -0.4 is 0 Å². The summed E-state index contributed by atoms with van der Waals surface area (Å²) in [5.74, 6) is 0. The molecule has 120 valence electrons. The first-order valence-electron chi connectivity index (χ1n) is 8.23. The molecule has 0 atom stereocenters. The normalized spacial score (nSPS) is 11.8. The molecule has 26 heavy (non-hydrogen) atoms. The molecule has 6 nitrogen and oxygen atoms in total. The van der Waals surface area contributed by atoms with Crippen molar-refractivity contribution in [3.63, 3.8) is 0 Å². The molecular weight excluding hydrogens is 324 g/mol. The number of hydrogen-bond acceptors (Lipinski definition) is 6. The third kappa shape index (κ3) is 1.70. The maximum atomic E-state index is 4.95. The SMILES string of the molecule is c1cnc2c(c1)c1nc3ccc4nccnc4c3nc1c1cccnc12. The Hall–Kier alpha value is -3.80. The second-order valence-corrected chi connectivity index (χ2v) is 6.08. The van der Waals surface area contributed by atoms with Crippen LogP contribution in [0.15, 0.2) is 61.2 Å². The van der Waals surface area contributed by atoms with Crippen molar-refractivity contribution in [2.24, 2.45) is 0 Å². The van der Waals surface area contributed by atoms with Gasteiger partial charge in [0, 0.05) is 35.6 Å². The van der Waals surface area contributed by atoms with Gasteiger partial charge in [0.2, 0.25) is 0 Å². The Bertz CT molecular complexity index is 1490. The van der Waals surface area contributed by atoms with Crippen molar-refractivity contribution in [3.05, 3.63) is 61.2 Å². The number of nitrogens with zero attached hydrogens (tertiary/aromatic N) is 6. The summed E-state index contributed by atoms with van der Waals surface area (Å²) in [5.41, 5.74) is 6.39. The maximum absolute atomic E-state index is 4.95. The fraction of sp³-hybridized carbons (Fsp3) is 0. The minimum Gasteiger partial charge on any atom is -0.254 e. The van der Waals surface area contributed by atoms with E-state index >= 15 is 0 Å². The highest BCUT2D eigenvalue weighted by molar-refractivity contribution is 6.22. The Morgan fingerprint density at radius 1 is 0.423 bits per heavy atom. The van der Waals surface area contributed by atoms with Crippen LogP contribution in [0.2, 0.25) is 0 Å². The van der Waals surface area contributed by atoms with Gasteiger partial charge in [-0.25, -0.2) is 9.97 Å². The number of rotatable bonds is 0. The van der Waals surface area contributed by atoms with Crippen LogP contribution in [0.3, 0.4) is 0 Å². The molecule has 0 radical (unpaired) electrons. The van der Waals surface area contributed by atoms with Gasteiger partial charge < -0.3 is 0 Å². The lowest BCUT2D eigenvalue weighted by atomic mass is 10.1. The van der Waals surface area contributed by atoms with Crippen LogP contribution in [-0.4, -0.2) is 29.9 Å². The summed E-state index contributed by atoms with van der Waals surface area (Å²) in [6, 6.07) is 11.7. The maximum Gasteiger partial charge on any atom is 0.117 e. The van der Waals surface area contributed by atoms with E-state index in [1.165, 1.54) is 0 Å². The summed E-state index contributed by atoms with van der Waals surface area (Å²) in [5, 5.41) is 1.88. The van der Waals surface area contributed by atoms with E-state index in [0.717, 1.165) is 54.9 Å². The van der Waals surface area contributed by atoms with E-state index in [2.05, 4.69) is 19.9 Å². The van der Waals surface area contributed by atoms with Gasteiger partial charge in [0.05, 0.1) is 33.1 Å². The number of fused-ring (bicyclic) bond motifs is 9. The van der Waals surface area contributed by atoms with Gasteiger partial charge in [-0.15, -0.1) is 0 Å². The fourth-order valence-corrected chi connectivity index (χ4v) is 3.50. The highest BCUT2D eigenvalue weighted by atomic mass is 14.9. The second-order valence-electron chi connectivity index (χ2n) is 6.08. The van der Waals surface area contributed by atoms with Crippen molar-refractivity contribution in [2.45, 2.75) is 0 Å². The molecule has 6 heteroatoms. The first-order valence-corrected chi connectivity index (χ1v) is 8.23. The summed E-state index contributed by atoms with van der Waals surface area (Å²) in [7, 11) is 0. The average Bonchev–Trinajstić information content (AvgIpc) is 2.73. The fourth-order valence-electron chi connectivity index (χ4n) is 3.50. The van der Waals surface area contributed by atoms with Crippen LogP contribution in [0.5, 0.6) is 0 Å². The van der Waals surface area contributed by atoms with Gasteiger partial charge in [-0.1, -0.05) is 0 Å². The van der Waals surface area contributed by atoms with Crippen molar-refractivity contribution in [2.75, 3.05) is 0 Å². The first-order chi connectivity index (χ1) is 12.9. The van der Waals surface area contributed by atoms with Crippen LogP contribution in [0, 0.1) is 0 Å². The zero-order valence-corrected chi connectivity index (χ0v) is 13.5. The van der Waals surface area contributed by atoms with Crippen LogP contribution in [-0.2, 0) is 0 Å². The predicted molar refractivity (Wildman–Crippen MR) is 101 cm³/mol. The van der Waals surface area contributed by atoms with E-state index in [1.54, 1.807) is 24.8 Å². The Balaban J connectivity index is 1.95. The molecule has 2 aromatic carbocycles. The summed E-state index contributed by atoms with van der Waals surface area (Å²) >= 11 is 0. The molecule has 0 bridgehead atoms. The first kappa shape index (κ1) is 13.5. The Morgan fingerprint density at radius 2 is 1.04 bits per heavy atom. The zero-order chi connectivity index (χ0) is 17.1. The van der Waals surface area contributed by atoms with Gasteiger partial charge in [-0.05, 0) is 36.4 Å². The topological polar surface area (TPSA) is 77.3 Å². The Kier molecular flexibility index (Phi) is 2.52. The molecular formula is C20H10N6. The lowest BCUT2D eigenvalue weighted by Crippen LogP contribution is -1.95. The number of pyridine rings is 2. The van der Waals surface area contributed by atoms with Gasteiger partial charge >= 0.3 is 0 Å². The molecule has 0 unspecified atom stereocenters. The predicted octanol–water partition coefficient (Wildman–Crippen LogP) is 3.82. The zero-order valence-electron chi connectivity index (χ0n) is 13.5. The molecule has 0 aliphatic heterocycles. The molecule has 6 rings (SSSR count). The summed E-state index contributed by atoms with van der Waals surface area (Å²) < 4.78 is 0. The van der Waals surface area contributed by atoms with Gasteiger partial charge in [-0.2, -0.15) is 0 Å². The molecule has 0 spiro atoms. The van der Waals surface area contributed by atoms with Crippen molar-refractivity contribution in [1.29, 1.82) is 0 Å². The van der Waals surface area contributed by atoms with Gasteiger partial charge in [0.15, 0.2) is 0 Å². The summed E-state index contributed by atoms with van der Waals surface area (Å²) in [4.78, 5) is 27.8. The van der Waals surface area contributed by atoms with Crippen molar-refractivity contribution >= 4 is 54.9 Å². The molecule has 0 fully saturated rings. The molecule has 0 aliphatic carbocycles. The molecule has 6 aromatic rings. The van der Waals surface area contributed by atoms with E-state index in [4.69, 9.17) is 9.97 Å². The quantitative estimate of drug-likeness (QED) is 0.310. The molecule has 0 amide bonds. The molecule has 0 N–H and O–H groups in total. The highest BCUT2D eigenvalue weighted by Gasteiger charge is 2.15. The van der Waals surface area contributed by atoms with E-state index in [1.807, 2.05) is 36.4 Å². The molecule has 0 aliphatic rings. The van der Waals surface area contributed by atoms with Crippen molar-refractivity contribution in [3.8, 4) is 0 Å². The minimum absolute atomic E-state index is 0.747. The van der Waals surface area contributed by atoms with Gasteiger partial charge in [0.25, 0.3) is 0 Å². The van der Waals surface area contributed by atoms with Gasteiger partial charge in [-0.3, -0.25) is 19.9 Å². The number of benzene rings is 2. The summed E-state index contributed by atoms with van der Waals surface area (Å²) in [6.45, 7) is 0. The van der Waals surface area contributed by atoms with E-state index in [0.29, 0.717) is 0 Å². The minimum atomic E-state index is 0.747. The number of aromatic nitrogens is 6. The third-order valence-corrected chi connectivity index (χ3v) is 4.62. The van der Waals surface area contributed by atoms with E-state index in [-0.39, 0.29) is 0 Å². The lowest BCUT2D eigenvalue weighted by molar-refractivity contribution is 1.29.